The van der Waals surface area contributed by atoms with E-state index in [2.05, 4.69) is 129 Å². The third-order valence-corrected chi connectivity index (χ3v) is 27.8. The first-order valence-corrected chi connectivity index (χ1v) is 56.4. The van der Waals surface area contributed by atoms with Crippen LogP contribution in [0.3, 0.4) is 0 Å². The van der Waals surface area contributed by atoms with Crippen molar-refractivity contribution in [1.29, 1.82) is 0 Å². The lowest BCUT2D eigenvalue weighted by atomic mass is 10.0. The van der Waals surface area contributed by atoms with Gasteiger partial charge >= 0.3 is 0 Å². The Bertz CT molecular complexity index is 2370. The van der Waals surface area contributed by atoms with E-state index in [0.29, 0.717) is 0 Å². The molecule has 0 unspecified atom stereocenters. The minimum absolute atomic E-state index is 0.773. The summed E-state index contributed by atoms with van der Waals surface area (Å²) in [6.07, 6.45) is 117. The molecular formula is C117H210N6. The normalized spacial score (nSPS) is 11.7. The Morgan fingerprint density at radius 1 is 0.130 bits per heavy atom. The number of hydrogen-bond donors (Lipinski definition) is 0. The molecule has 0 N–H and O–H groups in total. The Labute approximate surface area is 769 Å². The summed E-state index contributed by atoms with van der Waals surface area (Å²) >= 11 is 0. The molecule has 0 bridgehead atoms. The van der Waals surface area contributed by atoms with Gasteiger partial charge < -0.3 is 14.7 Å². The molecule has 0 fully saturated rings. The van der Waals surface area contributed by atoms with Gasteiger partial charge in [-0.3, -0.25) is 0 Å². The van der Waals surface area contributed by atoms with Crippen LogP contribution in [0.25, 0.3) is 34.2 Å². The average Bonchev–Trinajstić information content (AvgIpc) is 0.794. The second-order valence-corrected chi connectivity index (χ2v) is 39.5. The lowest BCUT2D eigenvalue weighted by Crippen LogP contribution is -2.25. The van der Waals surface area contributed by atoms with Gasteiger partial charge in [-0.25, -0.2) is 15.0 Å². The molecule has 123 heavy (non-hydrogen) atoms. The van der Waals surface area contributed by atoms with Crippen molar-refractivity contribution in [3.63, 3.8) is 0 Å². The molecule has 1 heterocycles. The fraction of sp³-hybridized carbons (Fsp3) is 0.821. The van der Waals surface area contributed by atoms with Crippen LogP contribution in [0.4, 0.5) is 17.1 Å². The van der Waals surface area contributed by atoms with Crippen molar-refractivity contribution < 1.29 is 0 Å². The van der Waals surface area contributed by atoms with Crippen molar-refractivity contribution >= 4 is 17.1 Å². The first-order valence-electron chi connectivity index (χ1n) is 56.4. The summed E-state index contributed by atoms with van der Waals surface area (Å²) in [4.78, 5) is 24.7. The van der Waals surface area contributed by atoms with Gasteiger partial charge in [0.2, 0.25) is 0 Å². The van der Waals surface area contributed by atoms with E-state index in [1.54, 1.807) is 0 Å². The third kappa shape index (κ3) is 63.7. The van der Waals surface area contributed by atoms with Crippen molar-refractivity contribution in [2.75, 3.05) is 54.0 Å². The molecule has 0 aliphatic heterocycles. The molecule has 0 aliphatic carbocycles. The number of rotatable bonds is 96. The maximum Gasteiger partial charge on any atom is 0.164 e. The molecule has 3 aromatic carbocycles. The Kier molecular flexibility index (Phi) is 78.0. The first kappa shape index (κ1) is 111. The highest BCUT2D eigenvalue weighted by Gasteiger charge is 2.18. The monoisotopic (exact) mass is 1700 g/mol. The third-order valence-electron chi connectivity index (χ3n) is 27.8. The molecule has 0 aliphatic rings. The number of hydrogen-bond acceptors (Lipinski definition) is 6. The van der Waals surface area contributed by atoms with Crippen LogP contribution in [0.2, 0.25) is 0 Å². The second-order valence-electron chi connectivity index (χ2n) is 39.5. The Morgan fingerprint density at radius 3 is 0.333 bits per heavy atom. The van der Waals surface area contributed by atoms with Gasteiger partial charge in [0, 0.05) is 73.0 Å². The molecule has 4 aromatic rings. The molecule has 0 atom stereocenters. The molecule has 0 saturated heterocycles. The lowest BCUT2D eigenvalue weighted by molar-refractivity contribution is 0.529. The summed E-state index contributed by atoms with van der Waals surface area (Å²) in [5.41, 5.74) is 7.28. The highest BCUT2D eigenvalue weighted by molar-refractivity contribution is 5.70. The summed E-state index contributed by atoms with van der Waals surface area (Å²) in [6.45, 7) is 20.8. The molecule has 0 saturated carbocycles. The van der Waals surface area contributed by atoms with Crippen LogP contribution in [0.15, 0.2) is 72.8 Å². The summed E-state index contributed by atoms with van der Waals surface area (Å²) in [5, 5.41) is 0. The van der Waals surface area contributed by atoms with Crippen molar-refractivity contribution in [2.24, 2.45) is 0 Å². The molecule has 0 radical (unpaired) electrons. The van der Waals surface area contributed by atoms with Gasteiger partial charge in [0.25, 0.3) is 0 Å². The van der Waals surface area contributed by atoms with Crippen LogP contribution < -0.4 is 14.7 Å². The number of unbranched alkanes of at least 4 members (excludes halogenated alkanes) is 78. The van der Waals surface area contributed by atoms with E-state index >= 15 is 0 Å². The van der Waals surface area contributed by atoms with Crippen LogP contribution in [-0.2, 0) is 0 Å². The first-order chi connectivity index (χ1) is 61.0. The zero-order chi connectivity index (χ0) is 87.2. The van der Waals surface area contributed by atoms with Gasteiger partial charge in [0.15, 0.2) is 17.5 Å². The van der Waals surface area contributed by atoms with Crippen LogP contribution in [-0.4, -0.2) is 54.2 Å². The number of benzene rings is 3. The topological polar surface area (TPSA) is 48.4 Å². The fourth-order valence-electron chi connectivity index (χ4n) is 19.3. The molecular weight excluding hydrogens is 1490 g/mol. The predicted octanol–water partition coefficient (Wildman–Crippen LogP) is 40.2. The van der Waals surface area contributed by atoms with Crippen molar-refractivity contribution in [2.45, 2.75) is 581 Å². The molecule has 6 nitrogen and oxygen atoms in total. The molecule has 4 rings (SSSR count). The summed E-state index contributed by atoms with van der Waals surface area (Å²) in [6, 6.07) is 28.5. The van der Waals surface area contributed by atoms with E-state index in [0.717, 1.165) is 73.4 Å². The van der Waals surface area contributed by atoms with Crippen molar-refractivity contribution in [1.82, 2.24) is 15.0 Å². The average molecular weight is 1700 g/mol. The second kappa shape index (κ2) is 86.1. The molecule has 708 valence electrons. The Hall–Kier alpha value is -3.93. The smallest absolute Gasteiger partial charge is 0.164 e. The van der Waals surface area contributed by atoms with Gasteiger partial charge in [-0.05, 0) is 111 Å². The predicted molar refractivity (Wildman–Crippen MR) is 555 cm³/mol. The van der Waals surface area contributed by atoms with Crippen molar-refractivity contribution in [3.8, 4) is 34.2 Å². The minimum Gasteiger partial charge on any atom is -0.372 e. The van der Waals surface area contributed by atoms with Gasteiger partial charge in [0.1, 0.15) is 0 Å². The fourth-order valence-corrected chi connectivity index (χ4v) is 19.3. The van der Waals surface area contributed by atoms with Gasteiger partial charge in [-0.15, -0.1) is 0 Å². The van der Waals surface area contributed by atoms with Gasteiger partial charge in [-0.1, -0.05) is 542 Å². The number of aromatic nitrogens is 3. The number of anilines is 3. The molecule has 6 heteroatoms. The van der Waals surface area contributed by atoms with Gasteiger partial charge in [-0.2, -0.15) is 0 Å². The Morgan fingerprint density at radius 2 is 0.228 bits per heavy atom. The van der Waals surface area contributed by atoms with E-state index in [9.17, 15) is 0 Å². The zero-order valence-corrected chi connectivity index (χ0v) is 83.8. The Balaban J connectivity index is 1.59. The van der Waals surface area contributed by atoms with E-state index in [1.807, 2.05) is 0 Å². The highest BCUT2D eigenvalue weighted by Crippen LogP contribution is 2.32. The summed E-state index contributed by atoms with van der Waals surface area (Å²) in [7, 11) is 0. The van der Waals surface area contributed by atoms with Crippen LogP contribution in [0.5, 0.6) is 0 Å². The van der Waals surface area contributed by atoms with E-state index in [4.69, 9.17) is 15.0 Å². The lowest BCUT2D eigenvalue weighted by Gasteiger charge is -2.26. The minimum atomic E-state index is 0.773. The molecule has 0 amide bonds. The van der Waals surface area contributed by atoms with E-state index < -0.39 is 0 Å². The standard InChI is InChI=1S/C117H210N6/c1-7-13-19-25-31-37-43-49-55-61-67-73-79-85-103-121(104-86-80-74-68-62-56-50-44-38-32-26-20-14-8-2)112-97-91-109(92-98-112)115-118-116(110-93-99-113(100-94-110)122(105-87-81-75-69-63-57-51-45-39-33-27-21-15-9-3)106-88-82-76-70-64-58-52-46-40-34-28-22-16-10-4)120-117(119-115)111-95-101-114(102-96-111)123(107-89-83-77-71-65-59-53-47-41-35-29-23-17-11-5)108-90-84-78-72-66-60-54-48-42-36-30-24-18-12-6/h91-102H,7-90,103-108H2,1-6H3. The van der Waals surface area contributed by atoms with Crippen LogP contribution in [0.1, 0.15) is 581 Å². The maximum absolute atomic E-state index is 5.49. The van der Waals surface area contributed by atoms with E-state index in [1.165, 1.54) is 556 Å². The summed E-state index contributed by atoms with van der Waals surface area (Å²) < 4.78 is 0. The van der Waals surface area contributed by atoms with Gasteiger partial charge in [0.05, 0.1) is 0 Å². The number of nitrogens with zero attached hydrogens (tertiary/aromatic N) is 6. The van der Waals surface area contributed by atoms with Crippen LogP contribution in [0, 0.1) is 0 Å². The summed E-state index contributed by atoms with van der Waals surface area (Å²) in [5.74, 6) is 2.32. The SMILES string of the molecule is CCCCCCCCCCCCCCCCN(CCCCCCCCCCCCCCCC)c1ccc(-c2nc(-c3ccc(N(CCCCCCCCCCCCCCCC)CCCCCCCCCCCCCCCC)cc3)nc(-c3ccc(N(CCCCCCCCCCCCCCCC)CCCCCCCCCCCCCCCC)cc3)n2)cc1. The van der Waals surface area contributed by atoms with Crippen LogP contribution >= 0.6 is 0 Å². The highest BCUT2D eigenvalue weighted by atomic mass is 15.1. The zero-order valence-electron chi connectivity index (χ0n) is 83.8. The molecule has 0 spiro atoms. The van der Waals surface area contributed by atoms with Crippen molar-refractivity contribution in [3.05, 3.63) is 72.8 Å². The maximum atomic E-state index is 5.49. The largest absolute Gasteiger partial charge is 0.372 e. The molecule has 1 aromatic heterocycles. The van der Waals surface area contributed by atoms with E-state index in [-0.39, 0.29) is 0 Å². The quantitative estimate of drug-likeness (QED) is 0.0411.